The lowest BCUT2D eigenvalue weighted by Crippen LogP contribution is -2.33. The summed E-state index contributed by atoms with van der Waals surface area (Å²) < 4.78 is 26.3. The number of hydrogen-bond donors (Lipinski definition) is 3. The van der Waals surface area contributed by atoms with Gasteiger partial charge in [0.2, 0.25) is 5.95 Å². The Hall–Kier alpha value is -2.98. The zero-order valence-electron chi connectivity index (χ0n) is 17.5. The lowest BCUT2D eigenvalue weighted by molar-refractivity contribution is -0.138. The van der Waals surface area contributed by atoms with Crippen molar-refractivity contribution in [1.29, 1.82) is 0 Å². The van der Waals surface area contributed by atoms with E-state index in [9.17, 15) is 14.5 Å². The second kappa shape index (κ2) is 9.48. The summed E-state index contributed by atoms with van der Waals surface area (Å²) in [5.41, 5.74) is 6.68. The number of para-hydroxylation sites is 1. The van der Waals surface area contributed by atoms with Crippen molar-refractivity contribution >= 4 is 42.4 Å². The first-order valence-electron chi connectivity index (χ1n) is 10.1. The van der Waals surface area contributed by atoms with E-state index in [0.717, 1.165) is 0 Å². The zero-order chi connectivity index (χ0) is 23.6. The van der Waals surface area contributed by atoms with Crippen LogP contribution in [-0.4, -0.2) is 43.2 Å². The highest BCUT2D eigenvalue weighted by Gasteiger charge is 2.33. The smallest absolute Gasteiger partial charge is 0.459 e. The highest BCUT2D eigenvalue weighted by atomic mass is 35.5. The maximum atomic E-state index is 13.3. The van der Waals surface area contributed by atoms with Gasteiger partial charge in [0.15, 0.2) is 10.8 Å². The fourth-order valence-electron chi connectivity index (χ4n) is 3.42. The van der Waals surface area contributed by atoms with Crippen molar-refractivity contribution in [3.05, 3.63) is 54.0 Å². The van der Waals surface area contributed by atoms with Gasteiger partial charge in [-0.15, -0.1) is 0 Å². The number of hydrogen-bond acceptors (Lipinski definition) is 8. The number of nitrogens with zero attached hydrogens (tertiary/aromatic N) is 4. The Morgan fingerprint density at radius 3 is 2.85 bits per heavy atom. The number of carboxylic acid groups (broad SMARTS) is 1. The van der Waals surface area contributed by atoms with Gasteiger partial charge in [0.1, 0.15) is 17.3 Å². The van der Waals surface area contributed by atoms with Gasteiger partial charge in [0.05, 0.1) is 19.0 Å². The first-order chi connectivity index (χ1) is 15.7. The first-order valence-corrected chi connectivity index (χ1v) is 12.0. The van der Waals surface area contributed by atoms with Gasteiger partial charge in [0, 0.05) is 5.92 Å². The number of benzene rings is 1. The number of nitrogens with one attached hydrogen (secondary N) is 1. The van der Waals surface area contributed by atoms with Crippen molar-refractivity contribution in [2.24, 2.45) is 5.92 Å². The van der Waals surface area contributed by atoms with Crippen molar-refractivity contribution in [3.8, 4) is 5.75 Å². The highest BCUT2D eigenvalue weighted by molar-refractivity contribution is 7.52. The Labute approximate surface area is 194 Å². The largest absolute Gasteiger partial charge is 0.480 e. The topological polar surface area (TPSA) is 154 Å². The van der Waals surface area contributed by atoms with Crippen molar-refractivity contribution in [2.45, 2.75) is 25.4 Å². The average molecular weight is 493 g/mol. The monoisotopic (exact) mass is 492 g/mol. The number of allylic oxidation sites excluding steroid dienone is 1. The van der Waals surface area contributed by atoms with Crippen LogP contribution in [0.4, 0.5) is 5.95 Å². The summed E-state index contributed by atoms with van der Waals surface area (Å²) in [5.74, 6) is -0.946. The fourth-order valence-corrected chi connectivity index (χ4v) is 5.19. The van der Waals surface area contributed by atoms with Crippen LogP contribution in [0.25, 0.3) is 11.2 Å². The van der Waals surface area contributed by atoms with E-state index in [4.69, 9.17) is 26.4 Å². The Kier molecular flexibility index (Phi) is 6.66. The summed E-state index contributed by atoms with van der Waals surface area (Å²) in [4.78, 5) is 23.7. The van der Waals surface area contributed by atoms with Crippen LogP contribution in [0.2, 0.25) is 5.15 Å². The summed E-state index contributed by atoms with van der Waals surface area (Å²) in [6.07, 6.45) is 6.10. The van der Waals surface area contributed by atoms with Crippen LogP contribution in [0.3, 0.4) is 0 Å². The standard InChI is InChI=1S/C20H22ClN6O5P/c1-12(19(28)29)26-33(30,32-15-5-3-2-4-6-15)31-10-13-7-8-14(9-13)27-11-23-16-17(21)24-20(22)25-18(16)27/h2-8,11-14H,9-10H2,1H3,(H,26,30)(H,28,29)(H2,22,24,25)/t12?,13-,14+,33?/m1/s1. The third-order valence-corrected chi connectivity index (χ3v) is 6.96. The molecule has 0 fully saturated rings. The van der Waals surface area contributed by atoms with E-state index >= 15 is 0 Å². The number of aliphatic carboxylic acids is 1. The van der Waals surface area contributed by atoms with Gasteiger partial charge < -0.3 is 19.9 Å². The Balaban J connectivity index is 1.45. The minimum atomic E-state index is -3.97. The quantitative estimate of drug-likeness (QED) is 0.230. The van der Waals surface area contributed by atoms with Crippen LogP contribution in [0, 0.1) is 5.92 Å². The summed E-state index contributed by atoms with van der Waals surface area (Å²) >= 11 is 6.10. The second-order valence-electron chi connectivity index (χ2n) is 7.53. The molecule has 4 atom stereocenters. The molecule has 4 rings (SSSR count). The average Bonchev–Trinajstić information content (AvgIpc) is 3.40. The molecule has 4 N–H and O–H groups in total. The molecular weight excluding hydrogens is 471 g/mol. The molecular formula is C20H22ClN6O5P. The van der Waals surface area contributed by atoms with Crippen LogP contribution >= 0.6 is 19.3 Å². The molecule has 0 spiro atoms. The second-order valence-corrected chi connectivity index (χ2v) is 9.58. The van der Waals surface area contributed by atoms with Crippen molar-refractivity contribution in [3.63, 3.8) is 0 Å². The van der Waals surface area contributed by atoms with E-state index in [0.29, 0.717) is 23.3 Å². The number of aromatic nitrogens is 4. The fraction of sp³-hybridized carbons (Fsp3) is 0.300. The van der Waals surface area contributed by atoms with Crippen molar-refractivity contribution in [1.82, 2.24) is 24.6 Å². The van der Waals surface area contributed by atoms with Crippen LogP contribution in [0.15, 0.2) is 48.8 Å². The molecule has 2 aromatic heterocycles. The van der Waals surface area contributed by atoms with E-state index < -0.39 is 19.8 Å². The molecule has 1 aromatic carbocycles. The third-order valence-electron chi connectivity index (χ3n) is 5.05. The molecule has 11 nitrogen and oxygen atoms in total. The normalized spacial score (nSPS) is 20.5. The minimum Gasteiger partial charge on any atom is -0.480 e. The first kappa shape index (κ1) is 23.2. The van der Waals surface area contributed by atoms with Crippen molar-refractivity contribution < 1.29 is 23.5 Å². The molecule has 2 unspecified atom stereocenters. The Bertz CT molecular complexity index is 1240. The van der Waals surface area contributed by atoms with Crippen molar-refractivity contribution in [2.75, 3.05) is 12.3 Å². The number of rotatable bonds is 9. The number of nitrogens with two attached hydrogens (primary N) is 1. The van der Waals surface area contributed by atoms with Gasteiger partial charge in [-0.25, -0.2) is 9.55 Å². The molecule has 0 saturated heterocycles. The SMILES string of the molecule is CC(NP(=O)(OC[C@@H]1C=C[C@H](n2cnc3c(Cl)nc(N)nc32)C1)Oc1ccccc1)C(=O)O. The van der Waals surface area contributed by atoms with Crippen LogP contribution < -0.4 is 15.3 Å². The predicted octanol–water partition coefficient (Wildman–Crippen LogP) is 3.45. The molecule has 1 aliphatic carbocycles. The van der Waals surface area contributed by atoms with E-state index in [1.165, 1.54) is 6.92 Å². The third kappa shape index (κ3) is 5.33. The molecule has 3 aromatic rings. The van der Waals surface area contributed by atoms with Gasteiger partial charge in [-0.1, -0.05) is 42.0 Å². The van der Waals surface area contributed by atoms with Gasteiger partial charge in [-0.05, 0) is 25.5 Å². The van der Waals surface area contributed by atoms with E-state index in [1.807, 2.05) is 16.7 Å². The molecule has 2 heterocycles. The molecule has 174 valence electrons. The maximum Gasteiger partial charge on any atom is 0.459 e. The molecule has 0 saturated carbocycles. The summed E-state index contributed by atoms with van der Waals surface area (Å²) in [5, 5.41) is 11.9. The lowest BCUT2D eigenvalue weighted by atomic mass is 10.1. The van der Waals surface area contributed by atoms with Crippen LogP contribution in [0.1, 0.15) is 19.4 Å². The number of carboxylic acids is 1. The van der Waals surface area contributed by atoms with Gasteiger partial charge in [-0.2, -0.15) is 15.1 Å². The van der Waals surface area contributed by atoms with E-state index in [2.05, 4.69) is 20.0 Å². The van der Waals surface area contributed by atoms with Gasteiger partial charge >= 0.3 is 13.7 Å². The molecule has 1 aliphatic rings. The lowest BCUT2D eigenvalue weighted by Gasteiger charge is -2.23. The Morgan fingerprint density at radius 1 is 1.36 bits per heavy atom. The van der Waals surface area contributed by atoms with Crippen LogP contribution in [-0.2, 0) is 13.9 Å². The number of halogens is 1. The van der Waals surface area contributed by atoms with E-state index in [-0.39, 0.29) is 29.7 Å². The molecule has 0 amide bonds. The Morgan fingerprint density at radius 2 is 2.12 bits per heavy atom. The number of nitrogen functional groups attached to an aromatic ring is 1. The molecule has 0 bridgehead atoms. The summed E-state index contributed by atoms with van der Waals surface area (Å²) in [6, 6.07) is 7.18. The highest BCUT2D eigenvalue weighted by Crippen LogP contribution is 2.46. The number of fused-ring (bicyclic) bond motifs is 1. The van der Waals surface area contributed by atoms with E-state index in [1.54, 1.807) is 36.7 Å². The van der Waals surface area contributed by atoms with Gasteiger partial charge in [0.25, 0.3) is 0 Å². The molecule has 0 aliphatic heterocycles. The van der Waals surface area contributed by atoms with Gasteiger partial charge in [-0.3, -0.25) is 9.32 Å². The van der Waals surface area contributed by atoms with Crippen LogP contribution in [0.5, 0.6) is 5.75 Å². The number of carbonyl (C=O) groups is 1. The maximum absolute atomic E-state index is 13.3. The molecule has 0 radical (unpaired) electrons. The number of imidazole rings is 1. The zero-order valence-corrected chi connectivity index (χ0v) is 19.2. The molecule has 33 heavy (non-hydrogen) atoms. The predicted molar refractivity (Wildman–Crippen MR) is 122 cm³/mol. The summed E-state index contributed by atoms with van der Waals surface area (Å²) in [6.45, 7) is 1.40. The molecule has 13 heteroatoms. The number of anilines is 1. The summed E-state index contributed by atoms with van der Waals surface area (Å²) in [7, 11) is -3.97. The minimum absolute atomic E-state index is 0.0426.